The van der Waals surface area contributed by atoms with Crippen LogP contribution in [0.25, 0.3) is 11.0 Å². The number of rotatable bonds is 2. The van der Waals surface area contributed by atoms with E-state index >= 15 is 0 Å². The van der Waals surface area contributed by atoms with Crippen LogP contribution in [0.2, 0.25) is 0 Å². The molecular weight excluding hydrogens is 308 g/mol. The number of hydrogen-bond acceptors (Lipinski definition) is 4. The summed E-state index contributed by atoms with van der Waals surface area (Å²) in [6, 6.07) is 5.85. The van der Waals surface area contributed by atoms with Gasteiger partial charge in [0.1, 0.15) is 0 Å². The number of benzene rings is 1. The van der Waals surface area contributed by atoms with Gasteiger partial charge in [-0.3, -0.25) is 14.2 Å². The third-order valence-corrected chi connectivity index (χ3v) is 5.04. The summed E-state index contributed by atoms with van der Waals surface area (Å²) in [5.74, 6) is -0.194. The molecule has 0 bridgehead atoms. The molecule has 2 saturated heterocycles. The molecule has 0 aliphatic carbocycles. The summed E-state index contributed by atoms with van der Waals surface area (Å²) >= 11 is 0. The fraction of sp³-hybridized carbons (Fsp3) is 0.471. The maximum Gasteiger partial charge on any atom is 0.348 e. The molecule has 0 spiro atoms. The summed E-state index contributed by atoms with van der Waals surface area (Å²) < 4.78 is 2.74. The Morgan fingerprint density at radius 2 is 1.83 bits per heavy atom. The highest BCUT2D eigenvalue weighted by Gasteiger charge is 2.31. The lowest BCUT2D eigenvalue weighted by molar-refractivity contribution is -0.131. The van der Waals surface area contributed by atoms with Crippen molar-refractivity contribution >= 4 is 22.8 Å². The maximum absolute atomic E-state index is 12.7. The van der Waals surface area contributed by atoms with Crippen LogP contribution >= 0.6 is 0 Å². The van der Waals surface area contributed by atoms with Crippen LogP contribution in [0.15, 0.2) is 23.0 Å². The van der Waals surface area contributed by atoms with Gasteiger partial charge < -0.3 is 5.32 Å². The molecule has 7 nitrogen and oxygen atoms in total. The van der Waals surface area contributed by atoms with Crippen LogP contribution in [0.5, 0.6) is 0 Å². The lowest BCUT2D eigenvalue weighted by Crippen LogP contribution is -2.52. The van der Waals surface area contributed by atoms with Gasteiger partial charge in [0, 0.05) is 26.4 Å². The Kier molecular flexibility index (Phi) is 3.53. The number of imide groups is 1. The van der Waals surface area contributed by atoms with Crippen molar-refractivity contribution in [3.05, 3.63) is 34.2 Å². The zero-order chi connectivity index (χ0) is 16.8. The minimum atomic E-state index is -0.365. The first kappa shape index (κ1) is 15.1. The van der Waals surface area contributed by atoms with Crippen molar-refractivity contribution in [2.75, 3.05) is 18.1 Å². The molecule has 1 aromatic carbocycles. The van der Waals surface area contributed by atoms with Crippen molar-refractivity contribution < 1.29 is 9.59 Å². The smallest absolute Gasteiger partial charge is 0.316 e. The van der Waals surface area contributed by atoms with E-state index in [2.05, 4.69) is 5.32 Å². The quantitative estimate of drug-likeness (QED) is 0.819. The van der Waals surface area contributed by atoms with E-state index in [0.29, 0.717) is 30.7 Å². The number of amides is 2. The first-order valence-electron chi connectivity index (χ1n) is 8.36. The molecule has 0 saturated carbocycles. The van der Waals surface area contributed by atoms with Crippen molar-refractivity contribution in [2.24, 2.45) is 7.05 Å². The van der Waals surface area contributed by atoms with Gasteiger partial charge in [-0.25, -0.2) is 4.79 Å². The van der Waals surface area contributed by atoms with E-state index in [1.54, 1.807) is 7.05 Å². The van der Waals surface area contributed by atoms with Gasteiger partial charge in [-0.1, -0.05) is 6.07 Å². The Bertz CT molecular complexity index is 873. The molecule has 3 heterocycles. The van der Waals surface area contributed by atoms with E-state index in [1.165, 1.54) is 14.8 Å². The molecule has 2 aliphatic heterocycles. The second-order valence-corrected chi connectivity index (χ2v) is 6.54. The molecule has 4 rings (SSSR count). The van der Waals surface area contributed by atoms with E-state index < -0.39 is 0 Å². The highest BCUT2D eigenvalue weighted by atomic mass is 16.2. The van der Waals surface area contributed by atoms with Gasteiger partial charge in [-0.05, 0) is 43.0 Å². The van der Waals surface area contributed by atoms with Crippen molar-refractivity contribution in [1.82, 2.24) is 14.6 Å². The Morgan fingerprint density at radius 3 is 2.50 bits per heavy atom. The number of fused-ring (bicyclic) bond motifs is 1. The normalized spacial score (nSPS) is 21.9. The SMILES string of the molecule is Cn1c(=O)n(N2C(=O)CCCC2=O)c2ccc(C3CCNC3)cc21. The van der Waals surface area contributed by atoms with Crippen LogP contribution in [0.4, 0.5) is 0 Å². The van der Waals surface area contributed by atoms with Gasteiger partial charge in [-0.15, -0.1) is 0 Å². The van der Waals surface area contributed by atoms with E-state index in [9.17, 15) is 14.4 Å². The van der Waals surface area contributed by atoms with Gasteiger partial charge >= 0.3 is 5.69 Å². The number of carbonyl (C=O) groups excluding carboxylic acids is 2. The van der Waals surface area contributed by atoms with E-state index in [0.717, 1.165) is 30.0 Å². The Balaban J connectivity index is 1.87. The number of piperidine rings is 1. The average molecular weight is 328 g/mol. The molecule has 2 fully saturated rings. The Hall–Kier alpha value is -2.41. The minimum absolute atomic E-state index is 0.292. The summed E-state index contributed by atoms with van der Waals surface area (Å²) in [6.45, 7) is 1.93. The van der Waals surface area contributed by atoms with Gasteiger partial charge in [0.15, 0.2) is 0 Å². The molecular formula is C17H20N4O3. The number of imidazole rings is 1. The predicted molar refractivity (Wildman–Crippen MR) is 89.5 cm³/mol. The number of carbonyl (C=O) groups is 2. The summed E-state index contributed by atoms with van der Waals surface area (Å²) in [6.07, 6.45) is 2.20. The highest BCUT2D eigenvalue weighted by Crippen LogP contribution is 2.26. The summed E-state index contributed by atoms with van der Waals surface area (Å²) in [7, 11) is 1.68. The van der Waals surface area contributed by atoms with Gasteiger partial charge in [0.25, 0.3) is 0 Å². The zero-order valence-corrected chi connectivity index (χ0v) is 13.6. The van der Waals surface area contributed by atoms with Crippen LogP contribution < -0.4 is 16.0 Å². The molecule has 1 aromatic heterocycles. The molecule has 7 heteroatoms. The topological polar surface area (TPSA) is 76.3 Å². The van der Waals surface area contributed by atoms with Crippen LogP contribution in [-0.2, 0) is 16.6 Å². The lowest BCUT2D eigenvalue weighted by Gasteiger charge is -2.25. The number of nitrogens with one attached hydrogen (secondary N) is 1. The molecule has 1 unspecified atom stereocenters. The molecule has 2 amide bonds. The molecule has 1 atom stereocenters. The van der Waals surface area contributed by atoms with E-state index in [1.807, 2.05) is 18.2 Å². The van der Waals surface area contributed by atoms with Gasteiger partial charge in [0.2, 0.25) is 11.8 Å². The monoisotopic (exact) mass is 328 g/mol. The Labute approximate surface area is 138 Å². The van der Waals surface area contributed by atoms with Crippen molar-refractivity contribution in [1.29, 1.82) is 0 Å². The van der Waals surface area contributed by atoms with Crippen molar-refractivity contribution in [2.45, 2.75) is 31.6 Å². The third kappa shape index (κ3) is 2.19. The molecule has 0 radical (unpaired) electrons. The molecule has 2 aliphatic rings. The summed E-state index contributed by atoms with van der Waals surface area (Å²) in [5, 5.41) is 4.36. The molecule has 2 aromatic rings. The van der Waals surface area contributed by atoms with Gasteiger partial charge in [0.05, 0.1) is 11.0 Å². The van der Waals surface area contributed by atoms with Crippen molar-refractivity contribution in [3.63, 3.8) is 0 Å². The lowest BCUT2D eigenvalue weighted by atomic mass is 9.98. The fourth-order valence-corrected chi connectivity index (χ4v) is 3.69. The van der Waals surface area contributed by atoms with Crippen molar-refractivity contribution in [3.8, 4) is 0 Å². The third-order valence-electron chi connectivity index (χ3n) is 5.04. The number of aryl methyl sites for hydroxylation is 1. The molecule has 1 N–H and O–H groups in total. The zero-order valence-electron chi connectivity index (χ0n) is 13.6. The molecule has 24 heavy (non-hydrogen) atoms. The van der Waals surface area contributed by atoms with Crippen LogP contribution in [-0.4, -0.2) is 34.1 Å². The second kappa shape index (κ2) is 5.59. The van der Waals surface area contributed by atoms with Crippen LogP contribution in [0, 0.1) is 0 Å². The van der Waals surface area contributed by atoms with E-state index in [4.69, 9.17) is 0 Å². The fourth-order valence-electron chi connectivity index (χ4n) is 3.69. The minimum Gasteiger partial charge on any atom is -0.316 e. The molecule has 126 valence electrons. The largest absolute Gasteiger partial charge is 0.348 e. The van der Waals surface area contributed by atoms with E-state index in [-0.39, 0.29) is 17.5 Å². The number of aromatic nitrogens is 2. The highest BCUT2D eigenvalue weighted by molar-refractivity contribution is 6.10. The number of hydrogen-bond donors (Lipinski definition) is 1. The Morgan fingerprint density at radius 1 is 1.08 bits per heavy atom. The first-order valence-corrected chi connectivity index (χ1v) is 8.36. The predicted octanol–water partition coefficient (Wildman–Crippen LogP) is 0.592. The summed E-state index contributed by atoms with van der Waals surface area (Å²) in [4.78, 5) is 37.1. The standard InChI is InChI=1S/C17H20N4O3/c1-19-14-9-11(12-7-8-18-10-12)5-6-13(14)20(17(19)24)21-15(22)3-2-4-16(21)23/h5-6,9,12,18H,2-4,7-8,10H2,1H3. The second-order valence-electron chi connectivity index (χ2n) is 6.54. The van der Waals surface area contributed by atoms with Crippen LogP contribution in [0.1, 0.15) is 37.2 Å². The maximum atomic E-state index is 12.7. The first-order chi connectivity index (χ1) is 11.6. The average Bonchev–Trinajstić information content (AvgIpc) is 3.18. The summed E-state index contributed by atoms with van der Waals surface area (Å²) in [5.41, 5.74) is 2.16. The van der Waals surface area contributed by atoms with Gasteiger partial charge in [-0.2, -0.15) is 9.69 Å². The van der Waals surface area contributed by atoms with Crippen LogP contribution in [0.3, 0.4) is 0 Å². The number of nitrogens with zero attached hydrogens (tertiary/aromatic N) is 3.